The third-order valence-corrected chi connectivity index (χ3v) is 6.41. The number of carbonyl (C=O) groups is 1. The summed E-state index contributed by atoms with van der Waals surface area (Å²) < 4.78 is 37.9. The van der Waals surface area contributed by atoms with Gasteiger partial charge in [-0.1, -0.05) is 12.1 Å². The second-order valence-electron chi connectivity index (χ2n) is 8.29. The average Bonchev–Trinajstić information content (AvgIpc) is 3.14. The molecule has 2 unspecified atom stereocenters. The summed E-state index contributed by atoms with van der Waals surface area (Å²) >= 11 is 0. The van der Waals surface area contributed by atoms with Gasteiger partial charge in [0.25, 0.3) is 0 Å². The monoisotopic (exact) mass is 381 g/mol. The van der Waals surface area contributed by atoms with Crippen LogP contribution in [0.25, 0.3) is 0 Å². The van der Waals surface area contributed by atoms with E-state index in [0.717, 1.165) is 69.6 Å². The van der Waals surface area contributed by atoms with Crippen LogP contribution in [0.15, 0.2) is 24.3 Å². The van der Waals surface area contributed by atoms with Crippen LogP contribution in [0, 0.1) is 11.3 Å². The van der Waals surface area contributed by atoms with Crippen LogP contribution in [0.4, 0.5) is 13.2 Å². The number of nitrogens with zero attached hydrogens (tertiary/aromatic N) is 1. The number of halogens is 3. The molecular formula is C20H26F3N3O. The highest BCUT2D eigenvalue weighted by molar-refractivity contribution is 5.83. The van der Waals surface area contributed by atoms with E-state index in [0.29, 0.717) is 6.54 Å². The van der Waals surface area contributed by atoms with Gasteiger partial charge in [-0.3, -0.25) is 9.69 Å². The van der Waals surface area contributed by atoms with Gasteiger partial charge in [-0.05, 0) is 61.9 Å². The molecule has 2 atom stereocenters. The molecule has 1 aromatic rings. The maximum absolute atomic E-state index is 12.6. The lowest BCUT2D eigenvalue weighted by atomic mass is 9.91. The fourth-order valence-electron chi connectivity index (χ4n) is 4.65. The van der Waals surface area contributed by atoms with E-state index in [1.165, 1.54) is 0 Å². The van der Waals surface area contributed by atoms with Gasteiger partial charge >= 0.3 is 6.18 Å². The van der Waals surface area contributed by atoms with Gasteiger partial charge < -0.3 is 10.6 Å². The number of carbonyl (C=O) groups excluding carboxylic acids is 1. The molecule has 2 heterocycles. The highest BCUT2D eigenvalue weighted by Crippen LogP contribution is 2.58. The molecule has 3 fully saturated rings. The second kappa shape index (κ2) is 7.09. The van der Waals surface area contributed by atoms with Gasteiger partial charge in [0, 0.05) is 31.6 Å². The van der Waals surface area contributed by atoms with Crippen molar-refractivity contribution in [2.45, 2.75) is 44.4 Å². The largest absolute Gasteiger partial charge is 0.416 e. The third kappa shape index (κ3) is 4.14. The number of amides is 1. The van der Waals surface area contributed by atoms with Crippen molar-refractivity contribution in [2.75, 3.05) is 26.2 Å². The first kappa shape index (κ1) is 18.7. The van der Waals surface area contributed by atoms with Crippen LogP contribution in [-0.2, 0) is 17.5 Å². The van der Waals surface area contributed by atoms with E-state index in [-0.39, 0.29) is 23.3 Å². The fraction of sp³-hybridized carbons (Fsp3) is 0.650. The van der Waals surface area contributed by atoms with Crippen LogP contribution in [0.5, 0.6) is 0 Å². The van der Waals surface area contributed by atoms with E-state index < -0.39 is 11.7 Å². The van der Waals surface area contributed by atoms with Crippen LogP contribution in [-0.4, -0.2) is 43.0 Å². The zero-order valence-corrected chi connectivity index (χ0v) is 15.3. The van der Waals surface area contributed by atoms with Crippen molar-refractivity contribution < 1.29 is 18.0 Å². The zero-order chi connectivity index (χ0) is 19.1. The van der Waals surface area contributed by atoms with Crippen molar-refractivity contribution in [3.05, 3.63) is 35.4 Å². The Balaban J connectivity index is 1.25. The summed E-state index contributed by atoms with van der Waals surface area (Å²) in [6.45, 7) is 4.24. The first-order valence-electron chi connectivity index (χ1n) is 9.75. The molecule has 2 N–H and O–H groups in total. The number of benzene rings is 1. The van der Waals surface area contributed by atoms with E-state index in [1.807, 2.05) is 0 Å². The number of hydrogen-bond acceptors (Lipinski definition) is 3. The third-order valence-electron chi connectivity index (χ3n) is 6.41. The van der Waals surface area contributed by atoms with Crippen molar-refractivity contribution in [2.24, 2.45) is 11.3 Å². The molecule has 4 rings (SSSR count). The number of hydrogen-bond donors (Lipinski definition) is 2. The molecule has 1 spiro atoms. The SMILES string of the molecule is O=C(NC1CCN(Cc2ccc(C(F)(F)F)cc2)C1)C1CC12CCNCC2. The number of alkyl halides is 3. The molecular weight excluding hydrogens is 355 g/mol. The first-order valence-corrected chi connectivity index (χ1v) is 9.75. The smallest absolute Gasteiger partial charge is 0.352 e. The van der Waals surface area contributed by atoms with E-state index >= 15 is 0 Å². The summed E-state index contributed by atoms with van der Waals surface area (Å²) in [5.41, 5.74) is 0.494. The normalized spacial score (nSPS) is 27.7. The zero-order valence-electron chi connectivity index (χ0n) is 15.3. The molecule has 1 saturated carbocycles. The number of piperidine rings is 1. The Labute approximate surface area is 157 Å². The minimum absolute atomic E-state index is 0.145. The van der Waals surface area contributed by atoms with Gasteiger partial charge in [0.15, 0.2) is 0 Å². The average molecular weight is 381 g/mol. The summed E-state index contributed by atoms with van der Waals surface area (Å²) in [5.74, 6) is 0.363. The molecule has 0 bridgehead atoms. The molecule has 7 heteroatoms. The summed E-state index contributed by atoms with van der Waals surface area (Å²) in [7, 11) is 0. The quantitative estimate of drug-likeness (QED) is 0.843. The molecule has 1 aliphatic carbocycles. The predicted molar refractivity (Wildman–Crippen MR) is 95.9 cm³/mol. The van der Waals surface area contributed by atoms with Gasteiger partial charge in [-0.15, -0.1) is 0 Å². The van der Waals surface area contributed by atoms with Crippen LogP contribution >= 0.6 is 0 Å². The second-order valence-corrected chi connectivity index (χ2v) is 8.29. The maximum Gasteiger partial charge on any atom is 0.416 e. The lowest BCUT2D eigenvalue weighted by molar-refractivity contribution is -0.137. The summed E-state index contributed by atoms with van der Waals surface area (Å²) in [6, 6.07) is 5.50. The van der Waals surface area contributed by atoms with Crippen LogP contribution in [0.3, 0.4) is 0 Å². The topological polar surface area (TPSA) is 44.4 Å². The summed E-state index contributed by atoms with van der Waals surface area (Å²) in [4.78, 5) is 14.8. The van der Waals surface area contributed by atoms with Crippen LogP contribution < -0.4 is 10.6 Å². The molecule has 148 valence electrons. The van der Waals surface area contributed by atoms with Gasteiger partial charge in [-0.25, -0.2) is 0 Å². The lowest BCUT2D eigenvalue weighted by Gasteiger charge is -2.23. The van der Waals surface area contributed by atoms with Gasteiger partial charge in [0.2, 0.25) is 5.91 Å². The minimum Gasteiger partial charge on any atom is -0.352 e. The molecule has 4 nitrogen and oxygen atoms in total. The van der Waals surface area contributed by atoms with Crippen molar-refractivity contribution in [3.63, 3.8) is 0 Å². The first-order chi connectivity index (χ1) is 12.9. The molecule has 0 radical (unpaired) electrons. The van der Waals surface area contributed by atoms with E-state index in [2.05, 4.69) is 15.5 Å². The number of likely N-dealkylation sites (tertiary alicyclic amines) is 1. The molecule has 1 aromatic carbocycles. The lowest BCUT2D eigenvalue weighted by Crippen LogP contribution is -2.40. The standard InChI is InChI=1S/C20H26F3N3O/c21-20(22,23)15-3-1-14(2-4-15)12-26-10-5-16(13-26)25-18(27)17-11-19(17)6-8-24-9-7-19/h1-4,16-17,24H,5-13H2,(H,25,27). The minimum atomic E-state index is -4.30. The van der Waals surface area contributed by atoms with Gasteiger partial charge in [0.1, 0.15) is 0 Å². The predicted octanol–water partition coefficient (Wildman–Crippen LogP) is 2.79. The summed E-state index contributed by atoms with van der Waals surface area (Å²) in [6.07, 6.45) is -0.197. The van der Waals surface area contributed by atoms with Crippen LogP contribution in [0.2, 0.25) is 0 Å². The highest BCUT2D eigenvalue weighted by atomic mass is 19.4. The number of nitrogens with one attached hydrogen (secondary N) is 2. The van der Waals surface area contributed by atoms with Crippen molar-refractivity contribution in [3.8, 4) is 0 Å². The van der Waals surface area contributed by atoms with E-state index in [9.17, 15) is 18.0 Å². The van der Waals surface area contributed by atoms with E-state index in [4.69, 9.17) is 0 Å². The molecule has 27 heavy (non-hydrogen) atoms. The molecule has 3 aliphatic rings. The number of rotatable bonds is 4. The Bertz CT molecular complexity index is 683. The summed E-state index contributed by atoms with van der Waals surface area (Å²) in [5, 5.41) is 6.56. The Morgan fingerprint density at radius 2 is 1.93 bits per heavy atom. The van der Waals surface area contributed by atoms with Crippen molar-refractivity contribution in [1.82, 2.24) is 15.5 Å². The molecule has 0 aromatic heterocycles. The van der Waals surface area contributed by atoms with Gasteiger partial charge in [-0.2, -0.15) is 13.2 Å². The Morgan fingerprint density at radius 1 is 1.22 bits per heavy atom. The molecule has 2 saturated heterocycles. The Hall–Kier alpha value is -1.60. The molecule has 2 aliphatic heterocycles. The van der Waals surface area contributed by atoms with Crippen LogP contribution in [0.1, 0.15) is 36.8 Å². The van der Waals surface area contributed by atoms with Gasteiger partial charge in [0.05, 0.1) is 5.56 Å². The van der Waals surface area contributed by atoms with E-state index in [1.54, 1.807) is 12.1 Å². The molecule has 1 amide bonds. The van der Waals surface area contributed by atoms with Crippen molar-refractivity contribution >= 4 is 5.91 Å². The Kier molecular flexibility index (Phi) is 4.93. The maximum atomic E-state index is 12.6. The Morgan fingerprint density at radius 3 is 2.59 bits per heavy atom. The highest BCUT2D eigenvalue weighted by Gasteiger charge is 2.57. The van der Waals surface area contributed by atoms with Crippen molar-refractivity contribution in [1.29, 1.82) is 0 Å². The fourth-order valence-corrected chi connectivity index (χ4v) is 4.65.